The minimum atomic E-state index is -3.69. The molecule has 1 aromatic heterocycles. The first-order valence-corrected chi connectivity index (χ1v) is 11.6. The van der Waals surface area contributed by atoms with Crippen molar-refractivity contribution in [2.45, 2.75) is 11.4 Å². The number of fused-ring (bicyclic) bond motifs is 1. The van der Waals surface area contributed by atoms with E-state index in [0.717, 1.165) is 5.56 Å². The Hall–Kier alpha value is -3.60. The van der Waals surface area contributed by atoms with Gasteiger partial charge in [-0.3, -0.25) is 4.79 Å². The van der Waals surface area contributed by atoms with Crippen LogP contribution in [0.4, 0.5) is 4.39 Å². The number of sulfonamides is 1. The quantitative estimate of drug-likeness (QED) is 0.367. The summed E-state index contributed by atoms with van der Waals surface area (Å²) in [6.07, 6.45) is 1.59. The van der Waals surface area contributed by atoms with Gasteiger partial charge in [-0.15, -0.1) is 0 Å². The second kappa shape index (κ2) is 9.49. The number of hydrogen-bond acceptors (Lipinski definition) is 5. The number of nitrogens with one attached hydrogen (secondary N) is 2. The molecule has 170 valence electrons. The van der Waals surface area contributed by atoms with E-state index in [4.69, 9.17) is 5.11 Å². The summed E-state index contributed by atoms with van der Waals surface area (Å²) in [5, 5.41) is 16.6. The molecule has 33 heavy (non-hydrogen) atoms. The molecule has 4 aromatic rings. The van der Waals surface area contributed by atoms with Crippen LogP contribution in [0.15, 0.2) is 77.8 Å². The van der Waals surface area contributed by atoms with Gasteiger partial charge in [-0.25, -0.2) is 22.2 Å². The summed E-state index contributed by atoms with van der Waals surface area (Å²) < 4.78 is 41.3. The predicted octanol–water partition coefficient (Wildman–Crippen LogP) is 2.37. The number of amides is 1. The number of aromatic nitrogens is 2. The first-order chi connectivity index (χ1) is 15.9. The average Bonchev–Trinajstić information content (AvgIpc) is 3.26. The lowest BCUT2D eigenvalue weighted by atomic mass is 10.1. The fourth-order valence-corrected chi connectivity index (χ4v) is 4.39. The molecule has 1 amide bonds. The van der Waals surface area contributed by atoms with E-state index >= 15 is 0 Å². The highest BCUT2D eigenvalue weighted by molar-refractivity contribution is 7.89. The van der Waals surface area contributed by atoms with Gasteiger partial charge in [0.05, 0.1) is 34.5 Å². The van der Waals surface area contributed by atoms with E-state index in [1.807, 2.05) is 6.07 Å². The number of halogens is 1. The second-order valence-electron chi connectivity index (χ2n) is 7.22. The molecule has 0 bridgehead atoms. The van der Waals surface area contributed by atoms with Gasteiger partial charge in [-0.2, -0.15) is 5.10 Å². The Morgan fingerprint density at radius 2 is 1.76 bits per heavy atom. The van der Waals surface area contributed by atoms with Crippen LogP contribution in [-0.4, -0.2) is 42.4 Å². The highest BCUT2D eigenvalue weighted by Gasteiger charge is 2.15. The summed E-state index contributed by atoms with van der Waals surface area (Å²) in [4.78, 5) is 12.9. The first-order valence-electron chi connectivity index (χ1n) is 10.1. The molecule has 0 saturated carbocycles. The molecule has 0 radical (unpaired) electrons. The van der Waals surface area contributed by atoms with Crippen molar-refractivity contribution in [1.82, 2.24) is 19.8 Å². The largest absolute Gasteiger partial charge is 0.395 e. The lowest BCUT2D eigenvalue weighted by Gasteiger charge is -2.09. The molecular weight excluding hydrogens is 447 g/mol. The van der Waals surface area contributed by atoms with Crippen molar-refractivity contribution >= 4 is 26.8 Å². The van der Waals surface area contributed by atoms with E-state index in [1.54, 1.807) is 47.3 Å². The van der Waals surface area contributed by atoms with Gasteiger partial charge in [-0.1, -0.05) is 18.2 Å². The SMILES string of the molecule is O=C(NCc1ccc(S(=O)(=O)NCCO)cc1)c1cccc2c1cnn2-c1ccc(F)cc1. The van der Waals surface area contributed by atoms with Crippen LogP contribution in [0.1, 0.15) is 15.9 Å². The third-order valence-electron chi connectivity index (χ3n) is 5.02. The molecule has 0 aliphatic rings. The van der Waals surface area contributed by atoms with Crippen LogP contribution in [0.3, 0.4) is 0 Å². The van der Waals surface area contributed by atoms with Gasteiger partial charge in [0, 0.05) is 18.5 Å². The molecule has 0 saturated heterocycles. The Bertz CT molecular complexity index is 1380. The molecule has 3 aromatic carbocycles. The van der Waals surface area contributed by atoms with Crippen molar-refractivity contribution in [2.75, 3.05) is 13.2 Å². The fourth-order valence-electron chi connectivity index (χ4n) is 3.36. The summed E-state index contributed by atoms with van der Waals surface area (Å²) in [5.74, 6) is -0.650. The van der Waals surface area contributed by atoms with Crippen LogP contribution in [-0.2, 0) is 16.6 Å². The maximum atomic E-state index is 13.2. The van der Waals surface area contributed by atoms with Crippen molar-refractivity contribution in [3.05, 3.63) is 89.9 Å². The minimum absolute atomic E-state index is 0.0660. The summed E-state index contributed by atoms with van der Waals surface area (Å²) in [6, 6.07) is 17.3. The molecule has 0 aliphatic heterocycles. The van der Waals surface area contributed by atoms with Gasteiger partial charge in [0.15, 0.2) is 0 Å². The Morgan fingerprint density at radius 1 is 1.03 bits per heavy atom. The zero-order valence-electron chi connectivity index (χ0n) is 17.4. The molecule has 4 rings (SSSR count). The van der Waals surface area contributed by atoms with Gasteiger partial charge in [0.2, 0.25) is 10.0 Å². The summed E-state index contributed by atoms with van der Waals surface area (Å²) in [5.41, 5.74) is 2.54. The molecule has 0 atom stereocenters. The van der Waals surface area contributed by atoms with Gasteiger partial charge in [0.25, 0.3) is 5.91 Å². The van der Waals surface area contributed by atoms with E-state index in [-0.39, 0.29) is 36.3 Å². The molecule has 1 heterocycles. The Morgan fingerprint density at radius 3 is 2.45 bits per heavy atom. The lowest BCUT2D eigenvalue weighted by Crippen LogP contribution is -2.26. The van der Waals surface area contributed by atoms with Crippen molar-refractivity contribution in [1.29, 1.82) is 0 Å². The second-order valence-corrected chi connectivity index (χ2v) is 8.99. The van der Waals surface area contributed by atoms with E-state index in [9.17, 15) is 17.6 Å². The maximum Gasteiger partial charge on any atom is 0.252 e. The molecule has 0 spiro atoms. The number of benzene rings is 3. The van der Waals surface area contributed by atoms with Crippen molar-refractivity contribution in [2.24, 2.45) is 0 Å². The monoisotopic (exact) mass is 468 g/mol. The Balaban J connectivity index is 1.49. The standard InChI is InChI=1S/C23H21FN4O4S/c24-17-6-8-18(9-7-17)28-22-3-1-2-20(21(22)15-26-28)23(30)25-14-16-4-10-19(11-5-16)33(31,32)27-12-13-29/h1-11,15,27,29H,12-14H2,(H,25,30). The summed E-state index contributed by atoms with van der Waals surface area (Å²) in [6.45, 7) is -0.159. The number of carbonyl (C=O) groups is 1. The number of aliphatic hydroxyl groups is 1. The zero-order valence-corrected chi connectivity index (χ0v) is 18.2. The Labute approximate surface area is 189 Å². The Kier molecular flexibility index (Phi) is 6.50. The van der Waals surface area contributed by atoms with Crippen LogP contribution >= 0.6 is 0 Å². The average molecular weight is 469 g/mol. The van der Waals surface area contributed by atoms with Gasteiger partial charge >= 0.3 is 0 Å². The van der Waals surface area contributed by atoms with Crippen molar-refractivity contribution in [3.63, 3.8) is 0 Å². The highest BCUT2D eigenvalue weighted by atomic mass is 32.2. The normalized spacial score (nSPS) is 11.6. The highest BCUT2D eigenvalue weighted by Crippen LogP contribution is 2.22. The smallest absolute Gasteiger partial charge is 0.252 e. The predicted molar refractivity (Wildman–Crippen MR) is 121 cm³/mol. The molecule has 0 unspecified atom stereocenters. The third kappa shape index (κ3) is 4.92. The van der Waals surface area contributed by atoms with E-state index in [2.05, 4.69) is 15.1 Å². The van der Waals surface area contributed by atoms with Crippen LogP contribution in [0.5, 0.6) is 0 Å². The molecule has 8 nitrogen and oxygen atoms in total. The van der Waals surface area contributed by atoms with Crippen LogP contribution < -0.4 is 10.0 Å². The van der Waals surface area contributed by atoms with Crippen LogP contribution in [0, 0.1) is 5.82 Å². The number of rotatable bonds is 8. The van der Waals surface area contributed by atoms with E-state index in [1.165, 1.54) is 24.3 Å². The summed E-state index contributed by atoms with van der Waals surface area (Å²) >= 11 is 0. The molecule has 3 N–H and O–H groups in total. The van der Waals surface area contributed by atoms with E-state index in [0.29, 0.717) is 22.2 Å². The molecule has 10 heteroatoms. The topological polar surface area (TPSA) is 113 Å². The molecular formula is C23H21FN4O4S. The maximum absolute atomic E-state index is 13.2. The van der Waals surface area contributed by atoms with Gasteiger partial charge in [0.1, 0.15) is 5.82 Å². The number of hydrogen-bond donors (Lipinski definition) is 3. The number of aliphatic hydroxyl groups excluding tert-OH is 1. The minimum Gasteiger partial charge on any atom is -0.395 e. The zero-order chi connectivity index (χ0) is 23.4. The van der Waals surface area contributed by atoms with Crippen molar-refractivity contribution in [3.8, 4) is 5.69 Å². The van der Waals surface area contributed by atoms with Gasteiger partial charge in [-0.05, 0) is 54.1 Å². The van der Waals surface area contributed by atoms with Crippen LogP contribution in [0.2, 0.25) is 0 Å². The first kappa shape index (κ1) is 22.6. The van der Waals surface area contributed by atoms with Gasteiger partial charge < -0.3 is 10.4 Å². The van der Waals surface area contributed by atoms with E-state index < -0.39 is 10.0 Å². The molecule has 0 fully saturated rings. The summed E-state index contributed by atoms with van der Waals surface area (Å²) in [7, 11) is -3.69. The third-order valence-corrected chi connectivity index (χ3v) is 6.50. The number of carbonyl (C=O) groups excluding carboxylic acids is 1. The molecule has 0 aliphatic carbocycles. The van der Waals surface area contributed by atoms with Crippen molar-refractivity contribution < 1.29 is 22.7 Å². The lowest BCUT2D eigenvalue weighted by molar-refractivity contribution is 0.0952. The van der Waals surface area contributed by atoms with Crippen LogP contribution in [0.25, 0.3) is 16.6 Å². The number of nitrogens with zero attached hydrogens (tertiary/aromatic N) is 2. The fraction of sp³-hybridized carbons (Fsp3) is 0.130.